The van der Waals surface area contributed by atoms with Crippen LogP contribution in [-0.2, 0) is 6.54 Å². The van der Waals surface area contributed by atoms with Crippen molar-refractivity contribution in [2.45, 2.75) is 20.4 Å². The smallest absolute Gasteiger partial charge is 0.294 e. The number of nitrogens with zero attached hydrogens (tertiary/aromatic N) is 4. The first-order valence-electron chi connectivity index (χ1n) is 9.12. The summed E-state index contributed by atoms with van der Waals surface area (Å²) < 4.78 is 6.63. The summed E-state index contributed by atoms with van der Waals surface area (Å²) in [4.78, 5) is 39.9. The number of rotatable bonds is 7. The van der Waals surface area contributed by atoms with Crippen LogP contribution in [0.2, 0.25) is 0 Å². The van der Waals surface area contributed by atoms with Gasteiger partial charge < -0.3 is 10.1 Å². The van der Waals surface area contributed by atoms with Gasteiger partial charge in [0, 0.05) is 36.1 Å². The van der Waals surface area contributed by atoms with Gasteiger partial charge in [-0.05, 0) is 26.0 Å². The minimum absolute atomic E-state index is 0.0719. The van der Waals surface area contributed by atoms with E-state index in [1.54, 1.807) is 31.3 Å². The fourth-order valence-electron chi connectivity index (χ4n) is 2.83. The number of carbonyl (C=O) groups excluding carboxylic acids is 1. The predicted octanol–water partition coefficient (Wildman–Crippen LogP) is 2.17. The maximum absolute atomic E-state index is 12.6. The summed E-state index contributed by atoms with van der Waals surface area (Å²) in [7, 11) is 0. The third-order valence-corrected chi connectivity index (χ3v) is 4.20. The van der Waals surface area contributed by atoms with Crippen LogP contribution in [0, 0.1) is 17.0 Å². The van der Waals surface area contributed by atoms with Gasteiger partial charge in [0.05, 0.1) is 11.5 Å². The highest BCUT2D eigenvalue weighted by atomic mass is 16.6. The van der Waals surface area contributed by atoms with Gasteiger partial charge in [-0.25, -0.2) is 9.67 Å². The van der Waals surface area contributed by atoms with Crippen molar-refractivity contribution >= 4 is 11.6 Å². The number of hydrogen-bond acceptors (Lipinski definition) is 7. The standard InChI is InChI=1S/C20H19N5O5/c1-3-30-20-14(7-6-10-21-20)12-22-19(27)18-17(26)11-13(2)24(23-18)15-8-4-5-9-16(15)25(28)29/h4-11H,3,12H2,1-2H3,(H,22,27). The lowest BCUT2D eigenvalue weighted by Crippen LogP contribution is -2.32. The van der Waals surface area contributed by atoms with E-state index in [1.165, 1.54) is 28.9 Å². The second-order valence-electron chi connectivity index (χ2n) is 6.24. The zero-order valence-corrected chi connectivity index (χ0v) is 16.4. The second kappa shape index (κ2) is 8.95. The van der Waals surface area contributed by atoms with E-state index in [1.807, 2.05) is 6.92 Å². The first-order valence-corrected chi connectivity index (χ1v) is 9.12. The number of amides is 1. The molecule has 0 saturated heterocycles. The summed E-state index contributed by atoms with van der Waals surface area (Å²) in [5, 5.41) is 18.1. The summed E-state index contributed by atoms with van der Waals surface area (Å²) in [5.74, 6) is -0.326. The number of nitrogens with one attached hydrogen (secondary N) is 1. The molecule has 0 spiro atoms. The molecule has 1 amide bonds. The van der Waals surface area contributed by atoms with Crippen molar-refractivity contribution in [1.29, 1.82) is 0 Å². The zero-order chi connectivity index (χ0) is 21.7. The van der Waals surface area contributed by atoms with Crippen LogP contribution in [0.1, 0.15) is 28.7 Å². The molecule has 0 radical (unpaired) electrons. The van der Waals surface area contributed by atoms with Crippen molar-refractivity contribution in [3.8, 4) is 11.6 Å². The molecular formula is C20H19N5O5. The van der Waals surface area contributed by atoms with Gasteiger partial charge >= 0.3 is 0 Å². The highest BCUT2D eigenvalue weighted by Gasteiger charge is 2.20. The quantitative estimate of drug-likeness (QED) is 0.467. The Morgan fingerprint density at radius 3 is 2.77 bits per heavy atom. The average molecular weight is 409 g/mol. The van der Waals surface area contributed by atoms with E-state index in [4.69, 9.17) is 4.74 Å². The summed E-state index contributed by atoms with van der Waals surface area (Å²) >= 11 is 0. The summed E-state index contributed by atoms with van der Waals surface area (Å²) in [5.41, 5.74) is -0.00741. The molecule has 0 aliphatic carbocycles. The number of nitro groups is 1. The highest BCUT2D eigenvalue weighted by Crippen LogP contribution is 2.22. The van der Waals surface area contributed by atoms with Gasteiger partial charge in [0.1, 0.15) is 5.69 Å². The van der Waals surface area contributed by atoms with E-state index in [-0.39, 0.29) is 23.6 Å². The van der Waals surface area contributed by atoms with Crippen LogP contribution in [0.3, 0.4) is 0 Å². The lowest BCUT2D eigenvalue weighted by Gasteiger charge is -2.12. The van der Waals surface area contributed by atoms with Crippen molar-refractivity contribution in [2.24, 2.45) is 0 Å². The van der Waals surface area contributed by atoms with E-state index in [9.17, 15) is 19.7 Å². The van der Waals surface area contributed by atoms with E-state index in [2.05, 4.69) is 15.4 Å². The van der Waals surface area contributed by atoms with Crippen LogP contribution in [0.5, 0.6) is 5.88 Å². The Balaban J connectivity index is 1.92. The average Bonchev–Trinajstić information content (AvgIpc) is 2.73. The monoisotopic (exact) mass is 409 g/mol. The van der Waals surface area contributed by atoms with Crippen molar-refractivity contribution in [1.82, 2.24) is 20.1 Å². The fraction of sp³-hybridized carbons (Fsp3) is 0.200. The Morgan fingerprint density at radius 1 is 1.27 bits per heavy atom. The maximum Gasteiger partial charge on any atom is 0.294 e. The largest absolute Gasteiger partial charge is 0.478 e. The van der Waals surface area contributed by atoms with Crippen molar-refractivity contribution in [3.05, 3.63) is 86.0 Å². The summed E-state index contributed by atoms with van der Waals surface area (Å²) in [6.07, 6.45) is 1.57. The lowest BCUT2D eigenvalue weighted by molar-refractivity contribution is -0.384. The van der Waals surface area contributed by atoms with Crippen LogP contribution in [0.4, 0.5) is 5.69 Å². The first-order chi connectivity index (χ1) is 14.4. The number of aromatic nitrogens is 3. The van der Waals surface area contributed by atoms with Gasteiger partial charge in [-0.2, -0.15) is 5.10 Å². The topological polar surface area (TPSA) is 129 Å². The fourth-order valence-corrected chi connectivity index (χ4v) is 2.83. The summed E-state index contributed by atoms with van der Waals surface area (Å²) in [6, 6.07) is 10.6. The van der Waals surface area contributed by atoms with Crippen LogP contribution in [0.25, 0.3) is 5.69 Å². The lowest BCUT2D eigenvalue weighted by atomic mass is 10.2. The number of aryl methyl sites for hydroxylation is 1. The molecule has 0 atom stereocenters. The third-order valence-electron chi connectivity index (χ3n) is 4.20. The Labute approximate surface area is 171 Å². The SMILES string of the molecule is CCOc1ncccc1CNC(=O)c1nn(-c2ccccc2[N+](=O)[O-])c(C)cc1=O. The number of benzene rings is 1. The molecule has 0 fully saturated rings. The Kier molecular flexibility index (Phi) is 6.16. The van der Waals surface area contributed by atoms with E-state index in [0.717, 1.165) is 0 Å². The summed E-state index contributed by atoms with van der Waals surface area (Å²) in [6.45, 7) is 3.88. The van der Waals surface area contributed by atoms with Crippen LogP contribution in [-0.4, -0.2) is 32.2 Å². The van der Waals surface area contributed by atoms with E-state index < -0.39 is 16.3 Å². The third kappa shape index (κ3) is 4.32. The Hall–Kier alpha value is -4.08. The number of nitro benzene ring substituents is 1. The molecule has 0 saturated carbocycles. The molecule has 3 rings (SSSR count). The van der Waals surface area contributed by atoms with Gasteiger partial charge in [0.25, 0.3) is 11.6 Å². The molecule has 0 bridgehead atoms. The molecule has 3 aromatic rings. The van der Waals surface area contributed by atoms with Gasteiger partial charge in [0.15, 0.2) is 5.69 Å². The molecule has 154 valence electrons. The van der Waals surface area contributed by atoms with Crippen molar-refractivity contribution in [2.75, 3.05) is 6.61 Å². The normalized spacial score (nSPS) is 10.5. The van der Waals surface area contributed by atoms with Gasteiger partial charge in [-0.1, -0.05) is 18.2 Å². The molecule has 30 heavy (non-hydrogen) atoms. The molecule has 2 heterocycles. The number of para-hydroxylation sites is 2. The molecule has 0 aliphatic heterocycles. The molecule has 0 unspecified atom stereocenters. The Bertz CT molecular complexity index is 1160. The van der Waals surface area contributed by atoms with Crippen molar-refractivity contribution < 1.29 is 14.5 Å². The van der Waals surface area contributed by atoms with Gasteiger partial charge in [-0.3, -0.25) is 19.7 Å². The Morgan fingerprint density at radius 2 is 2.03 bits per heavy atom. The highest BCUT2D eigenvalue weighted by molar-refractivity contribution is 5.92. The number of hydrogen-bond donors (Lipinski definition) is 1. The number of carbonyl (C=O) groups is 1. The van der Waals surface area contributed by atoms with E-state index >= 15 is 0 Å². The maximum atomic E-state index is 12.6. The minimum Gasteiger partial charge on any atom is -0.478 e. The molecule has 1 N–H and O–H groups in total. The molecule has 2 aromatic heterocycles. The van der Waals surface area contributed by atoms with Gasteiger partial charge in [-0.15, -0.1) is 0 Å². The molecule has 10 heteroatoms. The minimum atomic E-state index is -0.710. The molecule has 0 aliphatic rings. The van der Waals surface area contributed by atoms with Crippen LogP contribution < -0.4 is 15.5 Å². The molecule has 10 nitrogen and oxygen atoms in total. The molecule has 1 aromatic carbocycles. The zero-order valence-electron chi connectivity index (χ0n) is 16.4. The van der Waals surface area contributed by atoms with Crippen molar-refractivity contribution in [3.63, 3.8) is 0 Å². The first kappa shape index (κ1) is 20.6. The molecular weight excluding hydrogens is 390 g/mol. The number of ether oxygens (including phenoxy) is 1. The van der Waals surface area contributed by atoms with E-state index in [0.29, 0.717) is 23.7 Å². The number of pyridine rings is 1. The van der Waals surface area contributed by atoms with Crippen LogP contribution in [0.15, 0.2) is 53.5 Å². The second-order valence-corrected chi connectivity index (χ2v) is 6.24. The van der Waals surface area contributed by atoms with Gasteiger partial charge in [0.2, 0.25) is 11.3 Å². The van der Waals surface area contributed by atoms with Crippen LogP contribution >= 0.6 is 0 Å². The predicted molar refractivity (Wildman–Crippen MR) is 108 cm³/mol.